The van der Waals surface area contributed by atoms with Gasteiger partial charge in [-0.15, -0.1) is 0 Å². The van der Waals surface area contributed by atoms with Crippen LogP contribution in [-0.4, -0.2) is 44.5 Å². The predicted molar refractivity (Wildman–Crippen MR) is 171 cm³/mol. The smallest absolute Gasteiger partial charge is 0.338 e. The number of benzene rings is 3. The Morgan fingerprint density at radius 2 is 1.65 bits per heavy atom. The van der Waals surface area contributed by atoms with E-state index in [0.29, 0.717) is 32.1 Å². The Kier molecular flexibility index (Phi) is 9.11. The molecule has 0 spiro atoms. The molecule has 8 nitrogen and oxygen atoms in total. The van der Waals surface area contributed by atoms with Gasteiger partial charge < -0.3 is 19.1 Å². The predicted octanol–water partition coefficient (Wildman–Crippen LogP) is 4.80. The molecule has 5 rings (SSSR count). The van der Waals surface area contributed by atoms with Crippen LogP contribution in [-0.2, 0) is 9.53 Å². The lowest BCUT2D eigenvalue weighted by Gasteiger charge is -2.27. The minimum absolute atomic E-state index is 0.177. The van der Waals surface area contributed by atoms with Gasteiger partial charge in [-0.25, -0.2) is 9.79 Å². The van der Waals surface area contributed by atoms with E-state index >= 15 is 0 Å². The minimum Gasteiger partial charge on any atom is -0.496 e. The summed E-state index contributed by atoms with van der Waals surface area (Å²) in [5.74, 6) is 0.671. The molecule has 0 radical (unpaired) electrons. The van der Waals surface area contributed by atoms with Crippen LogP contribution < -0.4 is 29.3 Å². The van der Waals surface area contributed by atoms with E-state index in [1.807, 2.05) is 78.9 Å². The maximum Gasteiger partial charge on any atom is 0.338 e. The second-order valence-corrected chi connectivity index (χ2v) is 10.8. The fourth-order valence-electron chi connectivity index (χ4n) is 5.37. The first-order valence-corrected chi connectivity index (χ1v) is 15.1. The molecular formula is C34H35N3O5S. The lowest BCUT2D eigenvalue weighted by atomic mass is 9.92. The monoisotopic (exact) mass is 597 g/mol. The molecular weight excluding hydrogens is 562 g/mol. The van der Waals surface area contributed by atoms with Gasteiger partial charge in [0.1, 0.15) is 17.5 Å². The van der Waals surface area contributed by atoms with E-state index in [0.717, 1.165) is 29.9 Å². The van der Waals surface area contributed by atoms with Crippen molar-refractivity contribution in [3.05, 3.63) is 115 Å². The van der Waals surface area contributed by atoms with Crippen LogP contribution in [0.25, 0.3) is 11.8 Å². The van der Waals surface area contributed by atoms with Gasteiger partial charge in [0.05, 0.1) is 36.6 Å². The zero-order chi connectivity index (χ0) is 30.5. The molecule has 3 aromatic carbocycles. The van der Waals surface area contributed by atoms with Crippen LogP contribution in [0.15, 0.2) is 88.2 Å². The van der Waals surface area contributed by atoms with E-state index in [1.54, 1.807) is 25.7 Å². The van der Waals surface area contributed by atoms with Crippen LogP contribution >= 0.6 is 11.3 Å². The highest BCUT2D eigenvalue weighted by molar-refractivity contribution is 7.07. The van der Waals surface area contributed by atoms with Gasteiger partial charge in [-0.1, -0.05) is 59.9 Å². The molecule has 0 fully saturated rings. The molecule has 1 atom stereocenters. The first-order valence-electron chi connectivity index (χ1n) is 14.3. The third kappa shape index (κ3) is 5.72. The van der Waals surface area contributed by atoms with Crippen molar-refractivity contribution in [2.45, 2.75) is 26.8 Å². The van der Waals surface area contributed by atoms with Gasteiger partial charge in [-0.2, -0.15) is 0 Å². The average molecular weight is 598 g/mol. The number of aromatic nitrogens is 1. The van der Waals surface area contributed by atoms with E-state index in [4.69, 9.17) is 19.2 Å². The molecule has 1 aromatic heterocycles. The molecule has 0 saturated carbocycles. The molecule has 0 amide bonds. The van der Waals surface area contributed by atoms with Gasteiger partial charge in [-0.3, -0.25) is 9.36 Å². The number of carbonyl (C=O) groups is 1. The number of hydrogen-bond donors (Lipinski definition) is 0. The van der Waals surface area contributed by atoms with Gasteiger partial charge in [0, 0.05) is 41.5 Å². The van der Waals surface area contributed by atoms with Crippen LogP contribution in [0.1, 0.15) is 43.5 Å². The number of methoxy groups -OCH3 is 2. The Morgan fingerprint density at radius 3 is 2.33 bits per heavy atom. The maximum absolute atomic E-state index is 14.3. The van der Waals surface area contributed by atoms with E-state index in [2.05, 4.69) is 18.7 Å². The minimum atomic E-state index is -0.823. The molecule has 0 saturated heterocycles. The number of thiazole rings is 1. The average Bonchev–Trinajstić information content (AvgIpc) is 3.35. The zero-order valence-corrected chi connectivity index (χ0v) is 25.8. The standard InChI is InChI=1S/C34H35N3O5S/c1-6-36(7-2)24-19-18-23(27(21-24)41-5)20-28-32(38)37-31(25-16-12-13-17-26(25)40-4)29(33(39)42-8-3)30(35-34(37)43-28)22-14-10-9-11-15-22/h9-21,31H,6-8H2,1-5H3/b28-20-. The normalized spacial score (nSPS) is 14.6. The second kappa shape index (κ2) is 13.1. The topological polar surface area (TPSA) is 82.4 Å². The van der Waals surface area contributed by atoms with Crippen LogP contribution in [0.2, 0.25) is 0 Å². The molecule has 222 valence electrons. The molecule has 1 aliphatic rings. The fourth-order valence-corrected chi connectivity index (χ4v) is 6.36. The summed E-state index contributed by atoms with van der Waals surface area (Å²) in [7, 11) is 3.20. The van der Waals surface area contributed by atoms with Gasteiger partial charge >= 0.3 is 5.97 Å². The quantitative estimate of drug-likeness (QED) is 0.245. The van der Waals surface area contributed by atoms with Gasteiger partial charge in [0.15, 0.2) is 4.80 Å². The summed E-state index contributed by atoms with van der Waals surface area (Å²) >= 11 is 1.27. The highest BCUT2D eigenvalue weighted by Gasteiger charge is 2.36. The number of carbonyl (C=O) groups excluding carboxylic acids is 1. The summed E-state index contributed by atoms with van der Waals surface area (Å²) in [5.41, 5.74) is 3.68. The highest BCUT2D eigenvalue weighted by Crippen LogP contribution is 2.38. The van der Waals surface area contributed by atoms with Gasteiger partial charge in [0.2, 0.25) is 0 Å². The number of fused-ring (bicyclic) bond motifs is 1. The van der Waals surface area contributed by atoms with Crippen molar-refractivity contribution in [2.75, 3.05) is 38.8 Å². The van der Waals surface area contributed by atoms with E-state index in [9.17, 15) is 9.59 Å². The summed E-state index contributed by atoms with van der Waals surface area (Å²) in [6, 6.07) is 22.0. The Hall–Kier alpha value is -4.63. The molecule has 0 aliphatic carbocycles. The summed E-state index contributed by atoms with van der Waals surface area (Å²) in [6.07, 6.45) is 1.82. The number of anilines is 1. The van der Waals surface area contributed by atoms with Crippen molar-refractivity contribution in [3.63, 3.8) is 0 Å². The largest absolute Gasteiger partial charge is 0.496 e. The molecule has 2 heterocycles. The van der Waals surface area contributed by atoms with Crippen molar-refractivity contribution in [2.24, 2.45) is 4.99 Å². The Labute approximate surface area is 254 Å². The first-order chi connectivity index (χ1) is 20.9. The lowest BCUT2D eigenvalue weighted by molar-refractivity contribution is -0.138. The van der Waals surface area contributed by atoms with Crippen molar-refractivity contribution in [1.29, 1.82) is 0 Å². The summed E-state index contributed by atoms with van der Waals surface area (Å²) in [4.78, 5) is 35.6. The lowest BCUT2D eigenvalue weighted by Crippen LogP contribution is -2.40. The third-order valence-electron chi connectivity index (χ3n) is 7.44. The number of para-hydroxylation sites is 1. The number of hydrogen-bond acceptors (Lipinski definition) is 8. The fraction of sp³-hybridized carbons (Fsp3) is 0.265. The summed E-state index contributed by atoms with van der Waals surface area (Å²) in [5, 5.41) is 0. The van der Waals surface area contributed by atoms with Crippen LogP contribution in [0, 0.1) is 0 Å². The molecule has 0 bridgehead atoms. The number of nitrogens with zero attached hydrogens (tertiary/aromatic N) is 3. The Balaban J connectivity index is 1.80. The number of esters is 1. The van der Waals surface area contributed by atoms with Crippen LogP contribution in [0.4, 0.5) is 5.69 Å². The summed E-state index contributed by atoms with van der Waals surface area (Å²) < 4.78 is 19.1. The highest BCUT2D eigenvalue weighted by atomic mass is 32.1. The van der Waals surface area contributed by atoms with Crippen molar-refractivity contribution in [3.8, 4) is 11.5 Å². The van der Waals surface area contributed by atoms with Crippen molar-refractivity contribution in [1.82, 2.24) is 4.57 Å². The Bertz CT molecular complexity index is 1840. The molecule has 43 heavy (non-hydrogen) atoms. The summed E-state index contributed by atoms with van der Waals surface area (Å²) in [6.45, 7) is 7.89. The van der Waals surface area contributed by atoms with Gasteiger partial charge in [-0.05, 0) is 45.0 Å². The van der Waals surface area contributed by atoms with Crippen LogP contribution in [0.5, 0.6) is 11.5 Å². The second-order valence-electron chi connectivity index (χ2n) is 9.77. The number of ether oxygens (including phenoxy) is 3. The maximum atomic E-state index is 14.3. The molecule has 1 aliphatic heterocycles. The number of rotatable bonds is 10. The van der Waals surface area contributed by atoms with Crippen molar-refractivity contribution >= 4 is 34.8 Å². The van der Waals surface area contributed by atoms with E-state index < -0.39 is 12.0 Å². The Morgan fingerprint density at radius 1 is 0.953 bits per heavy atom. The first kappa shape index (κ1) is 29.8. The van der Waals surface area contributed by atoms with Gasteiger partial charge in [0.25, 0.3) is 5.56 Å². The van der Waals surface area contributed by atoms with E-state index in [1.165, 1.54) is 11.3 Å². The molecule has 9 heteroatoms. The SMILES string of the molecule is CCOC(=O)C1=C(c2ccccc2)N=c2s/c(=C\c3ccc(N(CC)CC)cc3OC)c(=O)n2C1c1ccccc1OC. The molecule has 4 aromatic rings. The zero-order valence-electron chi connectivity index (χ0n) is 25.0. The van der Waals surface area contributed by atoms with Crippen molar-refractivity contribution < 1.29 is 19.0 Å². The third-order valence-corrected chi connectivity index (χ3v) is 8.42. The van der Waals surface area contributed by atoms with Crippen LogP contribution in [0.3, 0.4) is 0 Å². The van der Waals surface area contributed by atoms with E-state index in [-0.39, 0.29) is 17.7 Å². The molecule has 0 N–H and O–H groups in total. The molecule has 1 unspecified atom stereocenters.